The van der Waals surface area contributed by atoms with E-state index in [2.05, 4.69) is 9.97 Å². The molecule has 0 bridgehead atoms. The van der Waals surface area contributed by atoms with Crippen molar-refractivity contribution in [3.8, 4) is 0 Å². The molecule has 2 aromatic heterocycles. The van der Waals surface area contributed by atoms with Gasteiger partial charge in [0.05, 0.1) is 6.04 Å². The molecule has 0 fully saturated rings. The summed E-state index contributed by atoms with van der Waals surface area (Å²) < 4.78 is 0. The van der Waals surface area contributed by atoms with Gasteiger partial charge in [-0.05, 0) is 24.6 Å². The Morgan fingerprint density at radius 1 is 1.36 bits per heavy atom. The number of hydrogen-bond acceptors (Lipinski definition) is 4. The highest BCUT2D eigenvalue weighted by Crippen LogP contribution is 2.21. The zero-order chi connectivity index (χ0) is 9.97. The minimum atomic E-state index is -0.128. The third-order valence-corrected chi connectivity index (χ3v) is 3.01. The molecule has 1 atom stereocenters. The Labute approximate surface area is 86.6 Å². The summed E-state index contributed by atoms with van der Waals surface area (Å²) in [6, 6.07) is 3.71. The van der Waals surface area contributed by atoms with Crippen molar-refractivity contribution in [2.45, 2.75) is 13.0 Å². The van der Waals surface area contributed by atoms with E-state index in [1.807, 2.05) is 24.4 Å². The molecule has 0 aliphatic rings. The molecule has 2 aromatic rings. The van der Waals surface area contributed by atoms with Crippen molar-refractivity contribution in [2.75, 3.05) is 0 Å². The van der Waals surface area contributed by atoms with Crippen LogP contribution in [0, 0.1) is 6.92 Å². The lowest BCUT2D eigenvalue weighted by atomic mass is 10.1. The van der Waals surface area contributed by atoms with E-state index in [9.17, 15) is 0 Å². The molecule has 2 heterocycles. The number of aromatic nitrogens is 2. The van der Waals surface area contributed by atoms with Crippen LogP contribution in [-0.4, -0.2) is 9.97 Å². The van der Waals surface area contributed by atoms with Crippen LogP contribution < -0.4 is 5.73 Å². The molecule has 3 nitrogen and oxygen atoms in total. The lowest BCUT2D eigenvalue weighted by Gasteiger charge is -2.07. The van der Waals surface area contributed by atoms with Crippen molar-refractivity contribution < 1.29 is 0 Å². The van der Waals surface area contributed by atoms with E-state index in [-0.39, 0.29) is 6.04 Å². The molecule has 2 rings (SSSR count). The van der Waals surface area contributed by atoms with Gasteiger partial charge in [-0.2, -0.15) is 0 Å². The maximum Gasteiger partial charge on any atom is 0.114 e. The SMILES string of the molecule is Cc1csc(C(N)c2ccncc2)n1. The van der Waals surface area contributed by atoms with Crippen LogP contribution in [0.3, 0.4) is 0 Å². The zero-order valence-corrected chi connectivity index (χ0v) is 8.66. The van der Waals surface area contributed by atoms with Crippen LogP contribution in [0.15, 0.2) is 29.9 Å². The summed E-state index contributed by atoms with van der Waals surface area (Å²) in [7, 11) is 0. The predicted molar refractivity (Wildman–Crippen MR) is 57.1 cm³/mol. The van der Waals surface area contributed by atoms with Crippen LogP contribution in [0.2, 0.25) is 0 Å². The lowest BCUT2D eigenvalue weighted by molar-refractivity contribution is 0.849. The number of nitrogens with zero attached hydrogens (tertiary/aromatic N) is 2. The van der Waals surface area contributed by atoms with Crippen LogP contribution >= 0.6 is 11.3 Å². The highest BCUT2D eigenvalue weighted by molar-refractivity contribution is 7.09. The number of hydrogen-bond donors (Lipinski definition) is 1. The minimum Gasteiger partial charge on any atom is -0.318 e. The summed E-state index contributed by atoms with van der Waals surface area (Å²) >= 11 is 1.60. The van der Waals surface area contributed by atoms with Crippen LogP contribution in [0.25, 0.3) is 0 Å². The molecule has 72 valence electrons. The Kier molecular flexibility index (Phi) is 2.56. The smallest absolute Gasteiger partial charge is 0.114 e. The molecule has 0 saturated heterocycles. The predicted octanol–water partition coefficient (Wildman–Crippen LogP) is 1.89. The summed E-state index contributed by atoms with van der Waals surface area (Å²) in [6.45, 7) is 1.97. The summed E-state index contributed by atoms with van der Waals surface area (Å²) in [5.74, 6) is 0. The molecule has 0 aliphatic carbocycles. The molecule has 0 aliphatic heterocycles. The van der Waals surface area contributed by atoms with E-state index in [0.29, 0.717) is 0 Å². The fraction of sp³-hybridized carbons (Fsp3) is 0.200. The van der Waals surface area contributed by atoms with Crippen molar-refractivity contribution >= 4 is 11.3 Å². The summed E-state index contributed by atoms with van der Waals surface area (Å²) in [6.07, 6.45) is 3.49. The molecule has 0 aromatic carbocycles. The Hall–Kier alpha value is -1.26. The molecule has 0 saturated carbocycles. The summed E-state index contributed by atoms with van der Waals surface area (Å²) in [4.78, 5) is 8.31. The maximum absolute atomic E-state index is 6.05. The summed E-state index contributed by atoms with van der Waals surface area (Å²) in [5, 5.41) is 2.96. The fourth-order valence-electron chi connectivity index (χ4n) is 1.23. The Bertz CT molecular complexity index is 410. The van der Waals surface area contributed by atoms with Gasteiger partial charge < -0.3 is 5.73 Å². The largest absolute Gasteiger partial charge is 0.318 e. The highest BCUT2D eigenvalue weighted by Gasteiger charge is 2.11. The molecular weight excluding hydrogens is 194 g/mol. The van der Waals surface area contributed by atoms with Gasteiger partial charge in [-0.1, -0.05) is 0 Å². The number of rotatable bonds is 2. The highest BCUT2D eigenvalue weighted by atomic mass is 32.1. The van der Waals surface area contributed by atoms with Crippen molar-refractivity contribution in [1.29, 1.82) is 0 Å². The zero-order valence-electron chi connectivity index (χ0n) is 7.84. The first-order chi connectivity index (χ1) is 6.77. The molecule has 0 amide bonds. The van der Waals surface area contributed by atoms with E-state index < -0.39 is 0 Å². The van der Waals surface area contributed by atoms with Gasteiger partial charge in [-0.25, -0.2) is 4.98 Å². The topological polar surface area (TPSA) is 51.8 Å². The van der Waals surface area contributed by atoms with E-state index in [4.69, 9.17) is 5.73 Å². The van der Waals surface area contributed by atoms with Crippen molar-refractivity contribution in [3.05, 3.63) is 46.2 Å². The van der Waals surface area contributed by atoms with Crippen molar-refractivity contribution in [1.82, 2.24) is 9.97 Å². The second kappa shape index (κ2) is 3.86. The monoisotopic (exact) mass is 205 g/mol. The summed E-state index contributed by atoms with van der Waals surface area (Å²) in [5.41, 5.74) is 8.12. The molecule has 1 unspecified atom stereocenters. The lowest BCUT2D eigenvalue weighted by Crippen LogP contribution is -2.11. The normalized spacial score (nSPS) is 12.7. The minimum absolute atomic E-state index is 0.128. The van der Waals surface area contributed by atoms with Gasteiger partial charge in [-0.3, -0.25) is 4.98 Å². The number of aryl methyl sites for hydroxylation is 1. The second-order valence-electron chi connectivity index (χ2n) is 3.09. The molecule has 0 radical (unpaired) electrons. The van der Waals surface area contributed by atoms with Crippen LogP contribution in [-0.2, 0) is 0 Å². The van der Waals surface area contributed by atoms with E-state index in [1.54, 1.807) is 23.7 Å². The van der Waals surface area contributed by atoms with E-state index >= 15 is 0 Å². The van der Waals surface area contributed by atoms with E-state index in [1.165, 1.54) is 0 Å². The second-order valence-corrected chi connectivity index (χ2v) is 3.98. The first-order valence-electron chi connectivity index (χ1n) is 4.35. The quantitative estimate of drug-likeness (QED) is 0.814. The molecule has 0 spiro atoms. The maximum atomic E-state index is 6.05. The molecule has 14 heavy (non-hydrogen) atoms. The molecular formula is C10H11N3S. The number of nitrogens with two attached hydrogens (primary N) is 1. The Morgan fingerprint density at radius 2 is 2.07 bits per heavy atom. The average Bonchev–Trinajstić information content (AvgIpc) is 2.65. The van der Waals surface area contributed by atoms with Gasteiger partial charge in [0.15, 0.2) is 0 Å². The van der Waals surface area contributed by atoms with Gasteiger partial charge in [0, 0.05) is 23.5 Å². The van der Waals surface area contributed by atoms with Crippen molar-refractivity contribution in [3.63, 3.8) is 0 Å². The van der Waals surface area contributed by atoms with Crippen LogP contribution in [0.4, 0.5) is 0 Å². The first-order valence-corrected chi connectivity index (χ1v) is 5.23. The van der Waals surface area contributed by atoms with Gasteiger partial charge in [-0.15, -0.1) is 11.3 Å². The standard InChI is InChI=1S/C10H11N3S/c1-7-6-14-10(13-7)9(11)8-2-4-12-5-3-8/h2-6,9H,11H2,1H3. The van der Waals surface area contributed by atoms with Gasteiger partial charge >= 0.3 is 0 Å². The van der Waals surface area contributed by atoms with Gasteiger partial charge in [0.25, 0.3) is 0 Å². The third kappa shape index (κ3) is 1.81. The Morgan fingerprint density at radius 3 is 2.64 bits per heavy atom. The average molecular weight is 205 g/mol. The molecule has 4 heteroatoms. The third-order valence-electron chi connectivity index (χ3n) is 1.97. The van der Waals surface area contributed by atoms with Gasteiger partial charge in [0.1, 0.15) is 5.01 Å². The van der Waals surface area contributed by atoms with Crippen molar-refractivity contribution in [2.24, 2.45) is 5.73 Å². The van der Waals surface area contributed by atoms with Gasteiger partial charge in [0.2, 0.25) is 0 Å². The first kappa shape index (κ1) is 9.30. The van der Waals surface area contributed by atoms with Crippen LogP contribution in [0.5, 0.6) is 0 Å². The Balaban J connectivity index is 2.29. The molecule has 2 N–H and O–H groups in total. The van der Waals surface area contributed by atoms with Crippen LogP contribution in [0.1, 0.15) is 22.3 Å². The fourth-order valence-corrected chi connectivity index (χ4v) is 2.05. The number of pyridine rings is 1. The number of thiazole rings is 1. The van der Waals surface area contributed by atoms with E-state index in [0.717, 1.165) is 16.3 Å².